The van der Waals surface area contributed by atoms with Crippen LogP contribution in [0.4, 0.5) is 9.18 Å². The molecule has 0 unspecified atom stereocenters. The third-order valence-corrected chi connectivity index (χ3v) is 4.87. The number of nitrogens with one attached hydrogen (secondary N) is 1. The molecule has 2 heterocycles. The average molecular weight is 322 g/mol. The number of ether oxygens (including phenoxy) is 1. The van der Waals surface area contributed by atoms with Crippen LogP contribution in [0.3, 0.4) is 0 Å². The Morgan fingerprint density at radius 1 is 1.39 bits per heavy atom. The van der Waals surface area contributed by atoms with Gasteiger partial charge in [0.1, 0.15) is 11.6 Å². The van der Waals surface area contributed by atoms with E-state index in [0.717, 1.165) is 12.8 Å². The van der Waals surface area contributed by atoms with E-state index in [1.54, 1.807) is 12.1 Å². The van der Waals surface area contributed by atoms with Crippen molar-refractivity contribution >= 4 is 6.03 Å². The van der Waals surface area contributed by atoms with Crippen LogP contribution < -0.4 is 10.1 Å². The maximum absolute atomic E-state index is 13.9. The van der Waals surface area contributed by atoms with Gasteiger partial charge in [0.15, 0.2) is 0 Å². The first-order chi connectivity index (χ1) is 11.1. The topological polar surface area (TPSA) is 61.8 Å². The molecule has 0 aromatic heterocycles. The highest BCUT2D eigenvalue weighted by molar-refractivity contribution is 5.75. The minimum Gasteiger partial charge on any atom is -0.497 e. The van der Waals surface area contributed by atoms with Crippen molar-refractivity contribution in [1.82, 2.24) is 10.2 Å². The molecule has 23 heavy (non-hydrogen) atoms. The number of rotatable bonds is 4. The minimum atomic E-state index is -0.320. The van der Waals surface area contributed by atoms with Crippen LogP contribution in [0.15, 0.2) is 18.2 Å². The lowest BCUT2D eigenvalue weighted by molar-refractivity contribution is 0.0543. The summed E-state index contributed by atoms with van der Waals surface area (Å²) in [7, 11) is 1.50. The van der Waals surface area contributed by atoms with E-state index in [4.69, 9.17) is 4.74 Å². The van der Waals surface area contributed by atoms with E-state index in [2.05, 4.69) is 5.32 Å². The summed E-state index contributed by atoms with van der Waals surface area (Å²) in [5, 5.41) is 12.7. The number of aliphatic hydroxyl groups excluding tert-OH is 1. The summed E-state index contributed by atoms with van der Waals surface area (Å²) in [6, 6.07) is 4.93. The van der Waals surface area contributed by atoms with E-state index in [9.17, 15) is 14.3 Å². The van der Waals surface area contributed by atoms with Gasteiger partial charge in [0, 0.05) is 24.7 Å². The number of carbonyl (C=O) groups excluding carboxylic acids is 1. The third-order valence-electron chi connectivity index (χ3n) is 4.87. The fourth-order valence-electron chi connectivity index (χ4n) is 3.73. The maximum Gasteiger partial charge on any atom is 0.317 e. The fraction of sp³-hybridized carbons (Fsp3) is 0.588. The van der Waals surface area contributed by atoms with Gasteiger partial charge in [0.2, 0.25) is 0 Å². The van der Waals surface area contributed by atoms with E-state index < -0.39 is 0 Å². The summed E-state index contributed by atoms with van der Waals surface area (Å²) in [5.74, 6) is 0.165. The van der Waals surface area contributed by atoms with Crippen molar-refractivity contribution in [3.05, 3.63) is 29.6 Å². The van der Waals surface area contributed by atoms with Crippen LogP contribution >= 0.6 is 0 Å². The first kappa shape index (κ1) is 16.1. The minimum absolute atomic E-state index is 0.0988. The van der Waals surface area contributed by atoms with Crippen molar-refractivity contribution in [3.8, 4) is 5.75 Å². The number of methoxy groups -OCH3 is 1. The van der Waals surface area contributed by atoms with Crippen molar-refractivity contribution in [3.63, 3.8) is 0 Å². The molecule has 0 saturated carbocycles. The van der Waals surface area contributed by atoms with Crippen molar-refractivity contribution in [1.29, 1.82) is 0 Å². The highest BCUT2D eigenvalue weighted by atomic mass is 19.1. The Balaban J connectivity index is 1.52. The van der Waals surface area contributed by atoms with Crippen LogP contribution in [-0.2, 0) is 6.42 Å². The van der Waals surface area contributed by atoms with Gasteiger partial charge in [-0.05, 0) is 43.7 Å². The molecule has 3 rings (SSSR count). The van der Waals surface area contributed by atoms with Crippen molar-refractivity contribution in [2.75, 3.05) is 13.7 Å². The van der Waals surface area contributed by atoms with Crippen LogP contribution in [0.2, 0.25) is 0 Å². The zero-order chi connectivity index (χ0) is 16.4. The molecule has 2 amide bonds. The molecule has 6 heteroatoms. The van der Waals surface area contributed by atoms with Crippen LogP contribution in [0.1, 0.15) is 31.2 Å². The van der Waals surface area contributed by atoms with Crippen molar-refractivity contribution in [2.24, 2.45) is 0 Å². The normalized spacial score (nSPS) is 26.2. The number of fused-ring (bicyclic) bond motifs is 2. The summed E-state index contributed by atoms with van der Waals surface area (Å²) in [4.78, 5) is 14.2. The third kappa shape index (κ3) is 3.42. The monoisotopic (exact) mass is 322 g/mol. The van der Waals surface area contributed by atoms with Gasteiger partial charge in [0.25, 0.3) is 0 Å². The second kappa shape index (κ2) is 6.74. The van der Waals surface area contributed by atoms with Gasteiger partial charge in [-0.25, -0.2) is 9.18 Å². The van der Waals surface area contributed by atoms with E-state index in [1.807, 2.05) is 4.90 Å². The largest absolute Gasteiger partial charge is 0.497 e. The molecule has 126 valence electrons. The van der Waals surface area contributed by atoms with Gasteiger partial charge in [-0.15, -0.1) is 0 Å². The fourth-order valence-corrected chi connectivity index (χ4v) is 3.73. The second-order valence-electron chi connectivity index (χ2n) is 6.36. The number of urea groups is 1. The first-order valence-corrected chi connectivity index (χ1v) is 8.15. The Morgan fingerprint density at radius 2 is 2.09 bits per heavy atom. The van der Waals surface area contributed by atoms with Crippen LogP contribution in [0.5, 0.6) is 5.75 Å². The predicted octanol–water partition coefficient (Wildman–Crippen LogP) is 2.07. The lowest BCUT2D eigenvalue weighted by Gasteiger charge is -2.37. The quantitative estimate of drug-likeness (QED) is 0.892. The Hall–Kier alpha value is -1.82. The van der Waals surface area contributed by atoms with Gasteiger partial charge in [-0.1, -0.05) is 6.07 Å². The molecule has 2 atom stereocenters. The summed E-state index contributed by atoms with van der Waals surface area (Å²) in [6.45, 7) is 0.389. The molecule has 0 aliphatic carbocycles. The standard InChI is InChI=1S/C17H23FN2O3/c1-23-15-5-2-11(16(18)10-15)6-7-19-17(22)20-12-3-4-13(20)9-14(21)8-12/h2,5,10,12-14,21H,3-4,6-9H2,1H3,(H,19,22)/t12-,13-/m0/s1. The summed E-state index contributed by atoms with van der Waals surface area (Å²) < 4.78 is 18.8. The molecule has 2 fully saturated rings. The number of amides is 2. The highest BCUT2D eigenvalue weighted by Crippen LogP contribution is 2.35. The Labute approximate surface area is 135 Å². The molecule has 1 aromatic rings. The molecule has 2 aliphatic rings. The van der Waals surface area contributed by atoms with Gasteiger partial charge in [-0.2, -0.15) is 0 Å². The second-order valence-corrected chi connectivity index (χ2v) is 6.36. The molecule has 2 aliphatic heterocycles. The number of nitrogens with zero attached hydrogens (tertiary/aromatic N) is 1. The molecule has 1 aromatic carbocycles. The smallest absolute Gasteiger partial charge is 0.317 e. The molecule has 2 N–H and O–H groups in total. The number of piperidine rings is 1. The predicted molar refractivity (Wildman–Crippen MR) is 83.9 cm³/mol. The van der Waals surface area contributed by atoms with E-state index in [1.165, 1.54) is 13.2 Å². The zero-order valence-corrected chi connectivity index (χ0v) is 13.3. The van der Waals surface area contributed by atoms with Crippen molar-refractivity contribution in [2.45, 2.75) is 50.3 Å². The number of halogens is 1. The average Bonchev–Trinajstić information content (AvgIpc) is 2.80. The number of hydrogen-bond donors (Lipinski definition) is 2. The van der Waals surface area contributed by atoms with Crippen LogP contribution in [0, 0.1) is 5.82 Å². The molecule has 0 radical (unpaired) electrons. The van der Waals surface area contributed by atoms with Crippen LogP contribution in [-0.4, -0.2) is 47.9 Å². The van der Waals surface area contributed by atoms with Crippen LogP contribution in [0.25, 0.3) is 0 Å². The van der Waals surface area contributed by atoms with E-state index in [-0.39, 0.29) is 30.0 Å². The first-order valence-electron chi connectivity index (χ1n) is 8.15. The van der Waals surface area contributed by atoms with Gasteiger partial charge in [-0.3, -0.25) is 0 Å². The summed E-state index contributed by atoms with van der Waals surface area (Å²) in [6.07, 6.45) is 3.40. The SMILES string of the molecule is COc1ccc(CCNC(=O)N2[C@H]3CC[C@H]2CC(O)C3)c(F)c1. The number of hydrogen-bond acceptors (Lipinski definition) is 3. The maximum atomic E-state index is 13.9. The Kier molecular flexibility index (Phi) is 4.71. The van der Waals surface area contributed by atoms with E-state index in [0.29, 0.717) is 37.1 Å². The molecule has 2 saturated heterocycles. The lowest BCUT2D eigenvalue weighted by atomic mass is 10.0. The highest BCUT2D eigenvalue weighted by Gasteiger charge is 2.42. The molecule has 2 bridgehead atoms. The van der Waals surface area contributed by atoms with Gasteiger partial charge in [0.05, 0.1) is 13.2 Å². The summed E-state index contributed by atoms with van der Waals surface area (Å²) in [5.41, 5.74) is 0.558. The van der Waals surface area contributed by atoms with Gasteiger partial charge >= 0.3 is 6.03 Å². The Bertz CT molecular complexity index is 567. The number of aliphatic hydroxyl groups is 1. The van der Waals surface area contributed by atoms with Gasteiger partial charge < -0.3 is 20.1 Å². The zero-order valence-electron chi connectivity index (χ0n) is 13.3. The summed E-state index contributed by atoms with van der Waals surface area (Å²) >= 11 is 0. The number of carbonyl (C=O) groups is 1. The molecule has 0 spiro atoms. The van der Waals surface area contributed by atoms with E-state index >= 15 is 0 Å². The van der Waals surface area contributed by atoms with Crippen molar-refractivity contribution < 1.29 is 19.0 Å². The lowest BCUT2D eigenvalue weighted by Crippen LogP contribution is -2.52. The Morgan fingerprint density at radius 3 is 2.70 bits per heavy atom. The molecular weight excluding hydrogens is 299 g/mol. The molecular formula is C17H23FN2O3. The molecule has 5 nitrogen and oxygen atoms in total. The number of benzene rings is 1.